The fourth-order valence-electron chi connectivity index (χ4n) is 2.59. The first-order valence-corrected chi connectivity index (χ1v) is 7.20. The van der Waals surface area contributed by atoms with Crippen LogP contribution in [0.1, 0.15) is 50.2 Å². The fraction of sp³-hybridized carbons (Fsp3) is 0.600. The van der Waals surface area contributed by atoms with Gasteiger partial charge in [-0.25, -0.2) is 0 Å². The molecule has 1 unspecified atom stereocenters. The summed E-state index contributed by atoms with van der Waals surface area (Å²) in [7, 11) is 0. The van der Waals surface area contributed by atoms with E-state index in [0.717, 1.165) is 29.1 Å². The molecule has 0 aromatic heterocycles. The number of phenolic OH excluding ortho intramolecular Hbond substituents is 1. The summed E-state index contributed by atoms with van der Waals surface area (Å²) in [5.41, 5.74) is 1.98. The molecule has 3 heteroatoms. The zero-order chi connectivity index (χ0) is 13.1. The molecule has 2 N–H and O–H groups in total. The minimum Gasteiger partial charge on any atom is -0.508 e. The van der Waals surface area contributed by atoms with E-state index in [1.165, 1.54) is 19.3 Å². The number of piperidine rings is 1. The Morgan fingerprint density at radius 3 is 2.78 bits per heavy atom. The smallest absolute Gasteiger partial charge is 0.119 e. The molecule has 1 aliphatic heterocycles. The van der Waals surface area contributed by atoms with Crippen LogP contribution in [0.25, 0.3) is 0 Å². The average molecular weight is 268 g/mol. The number of benzene rings is 1. The van der Waals surface area contributed by atoms with Gasteiger partial charge < -0.3 is 10.4 Å². The van der Waals surface area contributed by atoms with Crippen LogP contribution in [0.5, 0.6) is 5.75 Å². The third-order valence-corrected chi connectivity index (χ3v) is 4.03. The highest BCUT2D eigenvalue weighted by Gasteiger charge is 2.17. The number of hydrogen-bond donors (Lipinski definition) is 2. The van der Waals surface area contributed by atoms with Crippen molar-refractivity contribution < 1.29 is 5.11 Å². The first kappa shape index (κ1) is 13.7. The standard InChI is InChI=1S/C15H22ClNO/c1-10(2)13-9-15(18)11(8-14(13)16)7-12-5-3-4-6-17-12/h8-10,12,17-18H,3-7H2,1-2H3. The summed E-state index contributed by atoms with van der Waals surface area (Å²) in [6.07, 6.45) is 4.58. The summed E-state index contributed by atoms with van der Waals surface area (Å²) in [4.78, 5) is 0. The van der Waals surface area contributed by atoms with Gasteiger partial charge >= 0.3 is 0 Å². The van der Waals surface area contributed by atoms with Crippen molar-refractivity contribution in [2.24, 2.45) is 0 Å². The van der Waals surface area contributed by atoms with Crippen molar-refractivity contribution in [1.29, 1.82) is 0 Å². The van der Waals surface area contributed by atoms with Crippen molar-refractivity contribution in [2.75, 3.05) is 6.54 Å². The lowest BCUT2D eigenvalue weighted by Crippen LogP contribution is -2.35. The van der Waals surface area contributed by atoms with E-state index < -0.39 is 0 Å². The molecule has 0 spiro atoms. The molecule has 1 fully saturated rings. The molecule has 0 amide bonds. The second-order valence-electron chi connectivity index (χ2n) is 5.51. The molecule has 1 saturated heterocycles. The first-order chi connectivity index (χ1) is 8.58. The molecule has 1 aromatic carbocycles. The largest absolute Gasteiger partial charge is 0.508 e. The Morgan fingerprint density at radius 1 is 1.39 bits per heavy atom. The highest BCUT2D eigenvalue weighted by Crippen LogP contribution is 2.32. The lowest BCUT2D eigenvalue weighted by Gasteiger charge is -2.24. The third-order valence-electron chi connectivity index (χ3n) is 3.70. The van der Waals surface area contributed by atoms with Crippen molar-refractivity contribution >= 4 is 11.6 Å². The van der Waals surface area contributed by atoms with Gasteiger partial charge in [0.2, 0.25) is 0 Å². The molecule has 0 bridgehead atoms. The van der Waals surface area contributed by atoms with Crippen LogP contribution in [0.15, 0.2) is 12.1 Å². The quantitative estimate of drug-likeness (QED) is 0.872. The number of rotatable bonds is 3. The molecule has 2 nitrogen and oxygen atoms in total. The molecule has 100 valence electrons. The Balaban J connectivity index is 2.15. The van der Waals surface area contributed by atoms with Crippen LogP contribution in [0.4, 0.5) is 0 Å². The molecule has 1 aromatic rings. The zero-order valence-corrected chi connectivity index (χ0v) is 11.9. The molecule has 0 aliphatic carbocycles. The van der Waals surface area contributed by atoms with Gasteiger partial charge in [0.15, 0.2) is 0 Å². The van der Waals surface area contributed by atoms with Crippen LogP contribution in [0, 0.1) is 0 Å². The highest BCUT2D eigenvalue weighted by atomic mass is 35.5. The zero-order valence-electron chi connectivity index (χ0n) is 11.2. The van der Waals surface area contributed by atoms with Crippen LogP contribution in [0.3, 0.4) is 0 Å². The predicted octanol–water partition coefficient (Wildman–Crippen LogP) is 3.85. The van der Waals surface area contributed by atoms with Crippen LogP contribution in [0.2, 0.25) is 5.02 Å². The Labute approximate surface area is 114 Å². The van der Waals surface area contributed by atoms with E-state index in [-0.39, 0.29) is 0 Å². The van der Waals surface area contributed by atoms with Gasteiger partial charge in [0.1, 0.15) is 5.75 Å². The normalized spacial score (nSPS) is 20.3. The van der Waals surface area contributed by atoms with Crippen molar-refractivity contribution in [3.63, 3.8) is 0 Å². The minimum atomic E-state index is 0.338. The second kappa shape index (κ2) is 5.94. The van der Waals surface area contributed by atoms with E-state index in [0.29, 0.717) is 17.7 Å². The third kappa shape index (κ3) is 3.18. The molecule has 18 heavy (non-hydrogen) atoms. The molecular weight excluding hydrogens is 246 g/mol. The van der Waals surface area contributed by atoms with E-state index in [1.807, 2.05) is 12.1 Å². The number of hydrogen-bond acceptors (Lipinski definition) is 2. The lowest BCUT2D eigenvalue weighted by atomic mass is 9.94. The lowest BCUT2D eigenvalue weighted by molar-refractivity contribution is 0.391. The van der Waals surface area contributed by atoms with E-state index in [9.17, 15) is 5.11 Å². The van der Waals surface area contributed by atoms with Crippen LogP contribution in [-0.2, 0) is 6.42 Å². The van der Waals surface area contributed by atoms with Gasteiger partial charge in [0.05, 0.1) is 0 Å². The first-order valence-electron chi connectivity index (χ1n) is 6.82. The number of nitrogens with one attached hydrogen (secondary N) is 1. The number of aromatic hydroxyl groups is 1. The van der Waals surface area contributed by atoms with E-state index >= 15 is 0 Å². The monoisotopic (exact) mass is 267 g/mol. The molecule has 0 radical (unpaired) electrons. The van der Waals surface area contributed by atoms with Gasteiger partial charge in [-0.1, -0.05) is 31.9 Å². The maximum absolute atomic E-state index is 10.1. The molecule has 2 rings (SSSR count). The predicted molar refractivity (Wildman–Crippen MR) is 76.6 cm³/mol. The van der Waals surface area contributed by atoms with Crippen LogP contribution >= 0.6 is 11.6 Å². The SMILES string of the molecule is CC(C)c1cc(O)c(CC2CCCCN2)cc1Cl. The summed E-state index contributed by atoms with van der Waals surface area (Å²) in [6.45, 7) is 5.26. The summed E-state index contributed by atoms with van der Waals surface area (Å²) in [5, 5.41) is 14.4. The minimum absolute atomic E-state index is 0.338. The van der Waals surface area contributed by atoms with Crippen molar-refractivity contribution in [3.05, 3.63) is 28.3 Å². The average Bonchev–Trinajstić information content (AvgIpc) is 2.34. The number of phenols is 1. The van der Waals surface area contributed by atoms with Crippen molar-refractivity contribution in [3.8, 4) is 5.75 Å². The summed E-state index contributed by atoms with van der Waals surface area (Å²) < 4.78 is 0. The maximum atomic E-state index is 10.1. The van der Waals surface area contributed by atoms with E-state index in [2.05, 4.69) is 19.2 Å². The Bertz CT molecular complexity index is 411. The maximum Gasteiger partial charge on any atom is 0.119 e. The van der Waals surface area contributed by atoms with Crippen LogP contribution < -0.4 is 5.32 Å². The van der Waals surface area contributed by atoms with Crippen LogP contribution in [-0.4, -0.2) is 17.7 Å². The highest BCUT2D eigenvalue weighted by molar-refractivity contribution is 6.31. The molecule has 1 aliphatic rings. The van der Waals surface area contributed by atoms with Gasteiger partial charge in [-0.3, -0.25) is 0 Å². The van der Waals surface area contributed by atoms with Crippen molar-refractivity contribution in [2.45, 2.75) is 51.5 Å². The number of halogens is 1. The molecule has 1 atom stereocenters. The van der Waals surface area contributed by atoms with Crippen molar-refractivity contribution in [1.82, 2.24) is 5.32 Å². The summed E-state index contributed by atoms with van der Waals surface area (Å²) in [5.74, 6) is 0.723. The van der Waals surface area contributed by atoms with E-state index in [4.69, 9.17) is 11.6 Å². The Kier molecular flexibility index (Phi) is 4.52. The second-order valence-corrected chi connectivity index (χ2v) is 5.92. The summed E-state index contributed by atoms with van der Waals surface area (Å²) in [6, 6.07) is 4.24. The van der Waals surface area contributed by atoms with Gasteiger partial charge in [-0.05, 0) is 55.0 Å². The van der Waals surface area contributed by atoms with E-state index in [1.54, 1.807) is 0 Å². The van der Waals surface area contributed by atoms with Gasteiger partial charge in [0.25, 0.3) is 0 Å². The Hall–Kier alpha value is -0.730. The van der Waals surface area contributed by atoms with Gasteiger partial charge in [-0.15, -0.1) is 0 Å². The molecular formula is C15H22ClNO. The van der Waals surface area contributed by atoms with Gasteiger partial charge in [-0.2, -0.15) is 0 Å². The Morgan fingerprint density at radius 2 is 2.17 bits per heavy atom. The molecule has 1 heterocycles. The summed E-state index contributed by atoms with van der Waals surface area (Å²) >= 11 is 6.28. The molecule has 0 saturated carbocycles. The fourth-order valence-corrected chi connectivity index (χ4v) is 2.99. The topological polar surface area (TPSA) is 32.3 Å². The van der Waals surface area contributed by atoms with Gasteiger partial charge in [0, 0.05) is 11.1 Å².